The first-order valence-corrected chi connectivity index (χ1v) is 4.70. The number of aliphatic carboxylic acids is 1. The molecule has 2 aromatic rings. The van der Waals surface area contributed by atoms with Gasteiger partial charge in [-0.1, -0.05) is 30.3 Å². The van der Waals surface area contributed by atoms with E-state index >= 15 is 0 Å². The van der Waals surface area contributed by atoms with E-state index in [1.165, 1.54) is 0 Å². The molecular weight excluding hydrogens is 213 g/mol. The maximum absolute atomic E-state index is 10.4. The number of hydrogen-bond acceptors (Lipinski definition) is 2. The van der Waals surface area contributed by atoms with Crippen LogP contribution in [-0.4, -0.2) is 47.2 Å². The van der Waals surface area contributed by atoms with Gasteiger partial charge in [-0.3, -0.25) is 4.79 Å². The molecule has 0 aliphatic heterocycles. The Kier molecular flexibility index (Phi) is 4.80. The van der Waals surface area contributed by atoms with Gasteiger partial charge in [0.2, 0.25) is 0 Å². The number of carboxylic acid groups (broad SMARTS) is 1. The summed E-state index contributed by atoms with van der Waals surface area (Å²) in [5, 5.41) is 13.6. The molecule has 16 heavy (non-hydrogen) atoms. The summed E-state index contributed by atoms with van der Waals surface area (Å²) in [5.41, 5.74) is 0.830. The van der Waals surface area contributed by atoms with E-state index in [1.807, 2.05) is 42.5 Å². The number of carboxylic acids is 1. The molecule has 0 fully saturated rings. The summed E-state index contributed by atoms with van der Waals surface area (Å²) in [6.45, 7) is -0.0572. The molecule has 0 bridgehead atoms. The van der Waals surface area contributed by atoms with E-state index in [-0.39, 0.29) is 36.1 Å². The van der Waals surface area contributed by atoms with Gasteiger partial charge in [-0.25, -0.2) is 0 Å². The van der Waals surface area contributed by atoms with Crippen molar-refractivity contribution in [2.75, 3.05) is 11.9 Å². The van der Waals surface area contributed by atoms with E-state index in [0.29, 0.717) is 0 Å². The summed E-state index contributed by atoms with van der Waals surface area (Å²) >= 11 is 0. The third kappa shape index (κ3) is 3.23. The molecule has 0 aliphatic rings. The Morgan fingerprint density at radius 3 is 2.50 bits per heavy atom. The fourth-order valence-electron chi connectivity index (χ4n) is 1.48. The van der Waals surface area contributed by atoms with Crippen molar-refractivity contribution in [3.63, 3.8) is 0 Å². The van der Waals surface area contributed by atoms with Gasteiger partial charge in [0.15, 0.2) is 0 Å². The zero-order valence-electron chi connectivity index (χ0n) is 8.10. The minimum atomic E-state index is -0.858. The maximum atomic E-state index is 10.4. The van der Waals surface area contributed by atoms with Crippen LogP contribution >= 0.6 is 0 Å². The molecule has 4 heteroatoms. The predicted octanol–water partition coefficient (Wildman–Crippen LogP) is 1.69. The van der Waals surface area contributed by atoms with Crippen molar-refractivity contribution in [1.82, 2.24) is 0 Å². The van der Waals surface area contributed by atoms with Crippen LogP contribution in [0.3, 0.4) is 0 Å². The van der Waals surface area contributed by atoms with Crippen molar-refractivity contribution in [1.29, 1.82) is 0 Å². The second-order valence-electron chi connectivity index (χ2n) is 3.31. The third-order valence-electron chi connectivity index (χ3n) is 2.19. The van der Waals surface area contributed by atoms with Gasteiger partial charge in [0, 0.05) is 5.69 Å². The molecule has 2 aromatic carbocycles. The summed E-state index contributed by atoms with van der Waals surface area (Å²) in [4.78, 5) is 10.4. The number of rotatable bonds is 3. The number of fused-ring (bicyclic) bond motifs is 1. The van der Waals surface area contributed by atoms with Gasteiger partial charge < -0.3 is 10.4 Å². The number of hydrogen-bond donors (Lipinski definition) is 2. The van der Waals surface area contributed by atoms with Crippen molar-refractivity contribution < 1.29 is 9.90 Å². The zero-order valence-corrected chi connectivity index (χ0v) is 8.10. The van der Waals surface area contributed by atoms with Crippen molar-refractivity contribution in [2.45, 2.75) is 0 Å². The number of anilines is 1. The molecule has 0 saturated carbocycles. The molecule has 0 aliphatic carbocycles. The van der Waals surface area contributed by atoms with Crippen LogP contribution in [0.15, 0.2) is 42.5 Å². The Morgan fingerprint density at radius 2 is 1.81 bits per heavy atom. The van der Waals surface area contributed by atoms with E-state index in [0.717, 1.165) is 16.5 Å². The van der Waals surface area contributed by atoms with E-state index in [1.54, 1.807) is 0 Å². The molecule has 0 spiro atoms. The Bertz CT molecular complexity index is 499. The number of nitrogens with one attached hydrogen (secondary N) is 1. The molecular formula is C12H12NNaO2. The monoisotopic (exact) mass is 225 g/mol. The second kappa shape index (κ2) is 5.89. The average Bonchev–Trinajstić information content (AvgIpc) is 2.26. The summed E-state index contributed by atoms with van der Waals surface area (Å²) in [6, 6.07) is 13.8. The van der Waals surface area contributed by atoms with Crippen LogP contribution in [0.1, 0.15) is 0 Å². The topological polar surface area (TPSA) is 49.3 Å². The van der Waals surface area contributed by atoms with E-state index in [2.05, 4.69) is 5.32 Å². The second-order valence-corrected chi connectivity index (χ2v) is 3.31. The van der Waals surface area contributed by atoms with E-state index < -0.39 is 5.97 Å². The van der Waals surface area contributed by atoms with Crippen molar-refractivity contribution in [3.05, 3.63) is 42.5 Å². The first-order valence-electron chi connectivity index (χ1n) is 4.70. The molecule has 2 rings (SSSR count). The van der Waals surface area contributed by atoms with Crippen LogP contribution in [0, 0.1) is 0 Å². The fourth-order valence-corrected chi connectivity index (χ4v) is 1.48. The molecule has 0 aromatic heterocycles. The Morgan fingerprint density at radius 1 is 1.12 bits per heavy atom. The fraction of sp³-hybridized carbons (Fsp3) is 0.0833. The molecule has 0 amide bonds. The molecule has 2 N–H and O–H groups in total. The van der Waals surface area contributed by atoms with E-state index in [4.69, 9.17) is 5.11 Å². The van der Waals surface area contributed by atoms with Crippen molar-refractivity contribution in [2.24, 2.45) is 0 Å². The van der Waals surface area contributed by atoms with Gasteiger partial charge in [-0.2, -0.15) is 0 Å². The van der Waals surface area contributed by atoms with Crippen LogP contribution in [0.2, 0.25) is 0 Å². The standard InChI is InChI=1S/C12H11NO2.Na.H/c14-12(15)8-13-11-6-5-9-3-1-2-4-10(9)7-11;;/h1-7,13H,8H2,(H,14,15);;. The normalized spacial score (nSPS) is 9.50. The van der Waals surface area contributed by atoms with Gasteiger partial charge in [0.05, 0.1) is 0 Å². The van der Waals surface area contributed by atoms with Crippen LogP contribution in [0.5, 0.6) is 0 Å². The zero-order chi connectivity index (χ0) is 10.7. The quantitative estimate of drug-likeness (QED) is 0.781. The molecule has 0 saturated heterocycles. The molecule has 0 radical (unpaired) electrons. The Labute approximate surface area is 116 Å². The minimum absolute atomic E-state index is 0. The Hall–Kier alpha value is -1.03. The summed E-state index contributed by atoms with van der Waals surface area (Å²) in [7, 11) is 0. The number of benzene rings is 2. The first-order chi connectivity index (χ1) is 7.25. The molecule has 0 unspecified atom stereocenters. The van der Waals surface area contributed by atoms with Gasteiger partial charge in [0.25, 0.3) is 0 Å². The first kappa shape index (κ1) is 13.0. The van der Waals surface area contributed by atoms with E-state index in [9.17, 15) is 4.79 Å². The van der Waals surface area contributed by atoms with Gasteiger partial charge in [0.1, 0.15) is 6.54 Å². The van der Waals surface area contributed by atoms with Crippen molar-refractivity contribution >= 4 is 52.0 Å². The SMILES string of the molecule is O=C(O)CNc1ccc2ccccc2c1.[NaH]. The average molecular weight is 225 g/mol. The van der Waals surface area contributed by atoms with Crippen LogP contribution in [0.25, 0.3) is 10.8 Å². The molecule has 3 nitrogen and oxygen atoms in total. The summed E-state index contributed by atoms with van der Waals surface area (Å²) in [5.74, 6) is -0.858. The summed E-state index contributed by atoms with van der Waals surface area (Å²) < 4.78 is 0. The Balaban J connectivity index is 0.00000128. The molecule has 0 heterocycles. The van der Waals surface area contributed by atoms with Crippen LogP contribution in [-0.2, 0) is 4.79 Å². The van der Waals surface area contributed by atoms with Gasteiger partial charge in [-0.05, 0) is 22.9 Å². The van der Waals surface area contributed by atoms with Crippen LogP contribution in [0.4, 0.5) is 5.69 Å². The summed E-state index contributed by atoms with van der Waals surface area (Å²) in [6.07, 6.45) is 0. The van der Waals surface area contributed by atoms with Crippen LogP contribution < -0.4 is 5.32 Å². The number of carbonyl (C=O) groups is 1. The van der Waals surface area contributed by atoms with Gasteiger partial charge >= 0.3 is 35.5 Å². The predicted molar refractivity (Wildman–Crippen MR) is 67.2 cm³/mol. The molecule has 0 atom stereocenters. The molecule has 78 valence electrons. The van der Waals surface area contributed by atoms with Gasteiger partial charge in [-0.15, -0.1) is 0 Å². The third-order valence-corrected chi connectivity index (χ3v) is 2.19. The van der Waals surface area contributed by atoms with Crippen molar-refractivity contribution in [3.8, 4) is 0 Å².